The number of carbonyl (C=O) groups excluding carboxylic acids is 3. The lowest BCUT2D eigenvalue weighted by molar-refractivity contribution is 0.0999. The van der Waals surface area contributed by atoms with Gasteiger partial charge in [0.1, 0.15) is 5.00 Å². The van der Waals surface area contributed by atoms with E-state index in [1.165, 1.54) is 24.0 Å². The van der Waals surface area contributed by atoms with Crippen LogP contribution in [-0.2, 0) is 24.1 Å². The lowest BCUT2D eigenvalue weighted by Crippen LogP contribution is -2.35. The third-order valence-electron chi connectivity index (χ3n) is 5.43. The molecule has 1 aliphatic heterocycles. The summed E-state index contributed by atoms with van der Waals surface area (Å²) >= 11 is 1.27. The van der Waals surface area contributed by atoms with E-state index in [0.717, 1.165) is 22.4 Å². The molecule has 3 amide bonds. The number of primary amides is 1. The molecular formula is C24H23N3O4S. The maximum Gasteiger partial charge on any atom is 0.409 e. The van der Waals surface area contributed by atoms with Crippen LogP contribution in [0, 0.1) is 0 Å². The van der Waals surface area contributed by atoms with E-state index in [1.807, 2.05) is 30.3 Å². The number of nitrogens with one attached hydrogen (secondary N) is 1. The number of benzene rings is 2. The third-order valence-corrected chi connectivity index (χ3v) is 6.56. The van der Waals surface area contributed by atoms with Gasteiger partial charge in [0.15, 0.2) is 0 Å². The predicted octanol–water partition coefficient (Wildman–Crippen LogP) is 3.81. The second-order valence-electron chi connectivity index (χ2n) is 7.53. The van der Waals surface area contributed by atoms with Crippen LogP contribution in [0.25, 0.3) is 0 Å². The number of hydrogen-bond donors (Lipinski definition) is 2. The highest BCUT2D eigenvalue weighted by Gasteiger charge is 2.30. The van der Waals surface area contributed by atoms with Crippen molar-refractivity contribution >= 4 is 34.2 Å². The molecule has 2 aromatic carbocycles. The normalized spacial score (nSPS) is 12.7. The highest BCUT2D eigenvalue weighted by atomic mass is 32.1. The number of rotatable bonds is 5. The van der Waals surface area contributed by atoms with Crippen LogP contribution >= 0.6 is 11.3 Å². The van der Waals surface area contributed by atoms with E-state index >= 15 is 0 Å². The smallest absolute Gasteiger partial charge is 0.409 e. The molecule has 0 saturated heterocycles. The second kappa shape index (κ2) is 9.23. The molecule has 0 atom stereocenters. The van der Waals surface area contributed by atoms with Gasteiger partial charge in [-0.3, -0.25) is 9.59 Å². The molecule has 0 bridgehead atoms. The first-order valence-electron chi connectivity index (χ1n) is 10.2. The number of nitrogens with two attached hydrogens (primary N) is 1. The molecule has 4 rings (SSSR count). The summed E-state index contributed by atoms with van der Waals surface area (Å²) in [5, 5.41) is 3.25. The van der Waals surface area contributed by atoms with Gasteiger partial charge in [-0.15, -0.1) is 11.3 Å². The first kappa shape index (κ1) is 21.6. The van der Waals surface area contributed by atoms with E-state index in [2.05, 4.69) is 17.4 Å². The quantitative estimate of drug-likeness (QED) is 0.618. The molecule has 0 saturated carbocycles. The summed E-state index contributed by atoms with van der Waals surface area (Å²) in [5.41, 5.74) is 9.51. The monoisotopic (exact) mass is 449 g/mol. The molecule has 0 spiro atoms. The molecule has 0 radical (unpaired) electrons. The van der Waals surface area contributed by atoms with E-state index in [1.54, 1.807) is 17.0 Å². The Morgan fingerprint density at radius 2 is 1.75 bits per heavy atom. The summed E-state index contributed by atoms with van der Waals surface area (Å²) in [6, 6.07) is 17.5. The topological polar surface area (TPSA) is 102 Å². The van der Waals surface area contributed by atoms with Crippen LogP contribution in [0.15, 0.2) is 54.6 Å². The van der Waals surface area contributed by atoms with E-state index in [0.29, 0.717) is 35.6 Å². The maximum atomic E-state index is 12.8. The van der Waals surface area contributed by atoms with Crippen molar-refractivity contribution in [3.63, 3.8) is 0 Å². The Kier molecular flexibility index (Phi) is 6.23. The van der Waals surface area contributed by atoms with Gasteiger partial charge in [0, 0.05) is 17.0 Å². The number of ether oxygens (including phenoxy) is 1. The zero-order valence-corrected chi connectivity index (χ0v) is 18.4. The number of fused-ring (bicyclic) bond motifs is 1. The molecule has 0 aliphatic carbocycles. The van der Waals surface area contributed by atoms with Crippen molar-refractivity contribution in [1.82, 2.24) is 4.90 Å². The SMILES string of the molecule is COC(=O)N1CCc2c(sc(NC(=O)c3ccc(Cc4ccccc4)cc3)c2C(N)=O)C1. The van der Waals surface area contributed by atoms with Crippen molar-refractivity contribution in [1.29, 1.82) is 0 Å². The van der Waals surface area contributed by atoms with Gasteiger partial charge in [-0.25, -0.2) is 4.79 Å². The summed E-state index contributed by atoms with van der Waals surface area (Å²) in [5.74, 6) is -0.912. The highest BCUT2D eigenvalue weighted by Crippen LogP contribution is 2.37. The maximum absolute atomic E-state index is 12.8. The minimum absolute atomic E-state index is 0.316. The van der Waals surface area contributed by atoms with Crippen molar-refractivity contribution in [2.45, 2.75) is 19.4 Å². The molecule has 0 unspecified atom stereocenters. The number of amides is 3. The first-order valence-corrected chi connectivity index (χ1v) is 11.0. The standard InChI is InChI=1S/C24H23N3O4S/c1-31-24(30)27-12-11-18-19(14-27)32-23(20(18)21(25)28)26-22(29)17-9-7-16(8-10-17)13-15-5-3-2-4-6-15/h2-10H,11-14H2,1H3,(H2,25,28)(H,26,29). The van der Waals surface area contributed by atoms with Crippen molar-refractivity contribution in [2.75, 3.05) is 19.0 Å². The van der Waals surface area contributed by atoms with Gasteiger partial charge in [0.25, 0.3) is 11.8 Å². The Bertz CT molecular complexity index is 1160. The van der Waals surface area contributed by atoms with E-state index in [-0.39, 0.29) is 5.91 Å². The summed E-state index contributed by atoms with van der Waals surface area (Å²) in [6.45, 7) is 0.740. The van der Waals surface area contributed by atoms with E-state index in [4.69, 9.17) is 10.5 Å². The van der Waals surface area contributed by atoms with Crippen molar-refractivity contribution in [3.05, 3.63) is 87.3 Å². The van der Waals surface area contributed by atoms with Gasteiger partial charge in [0.05, 0.1) is 19.2 Å². The number of nitrogens with zero attached hydrogens (tertiary/aromatic N) is 1. The van der Waals surface area contributed by atoms with Crippen molar-refractivity contribution < 1.29 is 19.1 Å². The highest BCUT2D eigenvalue weighted by molar-refractivity contribution is 7.17. The molecule has 2 heterocycles. The number of hydrogen-bond acceptors (Lipinski definition) is 5. The van der Waals surface area contributed by atoms with Gasteiger partial charge >= 0.3 is 6.09 Å². The lowest BCUT2D eigenvalue weighted by Gasteiger charge is -2.25. The van der Waals surface area contributed by atoms with Crippen LogP contribution in [0.4, 0.5) is 9.80 Å². The zero-order chi connectivity index (χ0) is 22.7. The fourth-order valence-electron chi connectivity index (χ4n) is 3.82. The average Bonchev–Trinajstić information content (AvgIpc) is 3.16. The Morgan fingerprint density at radius 1 is 1.06 bits per heavy atom. The van der Waals surface area contributed by atoms with Crippen LogP contribution in [0.5, 0.6) is 0 Å². The zero-order valence-electron chi connectivity index (χ0n) is 17.6. The largest absolute Gasteiger partial charge is 0.453 e. The Morgan fingerprint density at radius 3 is 2.41 bits per heavy atom. The van der Waals surface area contributed by atoms with Gasteiger partial charge in [-0.1, -0.05) is 42.5 Å². The number of carbonyl (C=O) groups is 3. The molecule has 32 heavy (non-hydrogen) atoms. The Labute approximate surface area is 189 Å². The van der Waals surface area contributed by atoms with Crippen LogP contribution in [0.3, 0.4) is 0 Å². The second-order valence-corrected chi connectivity index (χ2v) is 8.63. The minimum atomic E-state index is -0.595. The molecule has 7 nitrogen and oxygen atoms in total. The fourth-order valence-corrected chi connectivity index (χ4v) is 5.08. The van der Waals surface area contributed by atoms with Crippen LogP contribution < -0.4 is 11.1 Å². The summed E-state index contributed by atoms with van der Waals surface area (Å²) < 4.78 is 4.79. The molecule has 1 aromatic heterocycles. The van der Waals surface area contributed by atoms with E-state index in [9.17, 15) is 14.4 Å². The molecule has 3 N–H and O–H groups in total. The predicted molar refractivity (Wildman–Crippen MR) is 123 cm³/mol. The summed E-state index contributed by atoms with van der Waals surface area (Å²) in [6.07, 6.45) is 0.831. The van der Waals surface area contributed by atoms with Crippen LogP contribution in [0.2, 0.25) is 0 Å². The molecule has 0 fully saturated rings. The average molecular weight is 450 g/mol. The van der Waals surface area contributed by atoms with Gasteiger partial charge < -0.3 is 20.7 Å². The molecular weight excluding hydrogens is 426 g/mol. The number of methoxy groups -OCH3 is 1. The van der Waals surface area contributed by atoms with Crippen LogP contribution in [-0.4, -0.2) is 36.5 Å². The number of thiophene rings is 1. The van der Waals surface area contributed by atoms with Gasteiger partial charge in [-0.2, -0.15) is 0 Å². The molecule has 8 heteroatoms. The van der Waals surface area contributed by atoms with Crippen molar-refractivity contribution in [2.24, 2.45) is 5.73 Å². The number of anilines is 1. The van der Waals surface area contributed by atoms with Crippen molar-refractivity contribution in [3.8, 4) is 0 Å². The van der Waals surface area contributed by atoms with Gasteiger partial charge in [-0.05, 0) is 41.7 Å². The Balaban J connectivity index is 1.51. The fraction of sp³-hybridized carbons (Fsp3) is 0.208. The minimum Gasteiger partial charge on any atom is -0.453 e. The molecule has 3 aromatic rings. The van der Waals surface area contributed by atoms with Crippen LogP contribution in [0.1, 0.15) is 42.3 Å². The first-order chi connectivity index (χ1) is 15.5. The summed E-state index contributed by atoms with van der Waals surface area (Å²) in [4.78, 5) is 39.2. The molecule has 1 aliphatic rings. The Hall–Kier alpha value is -3.65. The molecule has 164 valence electrons. The van der Waals surface area contributed by atoms with Gasteiger partial charge in [0.2, 0.25) is 0 Å². The third kappa shape index (κ3) is 4.50. The summed E-state index contributed by atoms with van der Waals surface area (Å²) in [7, 11) is 1.33. The lowest BCUT2D eigenvalue weighted by atomic mass is 10.0. The van der Waals surface area contributed by atoms with E-state index < -0.39 is 12.0 Å².